The highest BCUT2D eigenvalue weighted by Gasteiger charge is 2.16. The van der Waals surface area contributed by atoms with Crippen molar-refractivity contribution in [1.29, 1.82) is 0 Å². The van der Waals surface area contributed by atoms with Crippen molar-refractivity contribution in [3.8, 4) is 0 Å². The van der Waals surface area contributed by atoms with Gasteiger partial charge in [0.25, 0.3) is 5.69 Å². The smallest absolute Gasteiger partial charge is 0.355 e. The largest absolute Gasteiger partial charge is 0.456 e. The summed E-state index contributed by atoms with van der Waals surface area (Å²) in [5, 5.41) is 11.3. The first-order chi connectivity index (χ1) is 9.49. The van der Waals surface area contributed by atoms with Crippen LogP contribution in [0.4, 0.5) is 5.69 Å². The number of aromatic nitrogens is 1. The van der Waals surface area contributed by atoms with Crippen LogP contribution in [0.3, 0.4) is 0 Å². The standard InChI is InChI=1S/C13H11ClN2O4/c1-15-7-10(14)6-12(15)13(17)20-8-9-4-2-3-5-11(9)16(18)19/h2-7H,8H2,1H3. The minimum atomic E-state index is -0.586. The van der Waals surface area contributed by atoms with Crippen LogP contribution in [0.2, 0.25) is 5.02 Å². The first kappa shape index (κ1) is 14.1. The van der Waals surface area contributed by atoms with Crippen LogP contribution in [-0.4, -0.2) is 15.5 Å². The number of benzene rings is 1. The molecule has 1 aromatic heterocycles. The lowest BCUT2D eigenvalue weighted by Crippen LogP contribution is -2.10. The van der Waals surface area contributed by atoms with Crippen molar-refractivity contribution < 1.29 is 14.5 Å². The third-order valence-electron chi connectivity index (χ3n) is 2.73. The van der Waals surface area contributed by atoms with Gasteiger partial charge in [0.05, 0.1) is 15.5 Å². The fraction of sp³-hybridized carbons (Fsp3) is 0.154. The molecule has 0 radical (unpaired) electrons. The van der Waals surface area contributed by atoms with Gasteiger partial charge < -0.3 is 9.30 Å². The first-order valence-electron chi connectivity index (χ1n) is 5.70. The normalized spacial score (nSPS) is 10.3. The monoisotopic (exact) mass is 294 g/mol. The Morgan fingerprint density at radius 1 is 1.45 bits per heavy atom. The van der Waals surface area contributed by atoms with E-state index in [1.165, 1.54) is 16.7 Å². The zero-order valence-corrected chi connectivity index (χ0v) is 11.3. The molecule has 1 heterocycles. The Morgan fingerprint density at radius 3 is 2.75 bits per heavy atom. The zero-order valence-electron chi connectivity index (χ0n) is 10.6. The van der Waals surface area contributed by atoms with Gasteiger partial charge in [-0.1, -0.05) is 23.7 Å². The van der Waals surface area contributed by atoms with Gasteiger partial charge in [-0.3, -0.25) is 10.1 Å². The maximum atomic E-state index is 11.9. The lowest BCUT2D eigenvalue weighted by molar-refractivity contribution is -0.385. The van der Waals surface area contributed by atoms with Gasteiger partial charge in [0.2, 0.25) is 0 Å². The summed E-state index contributed by atoms with van der Waals surface area (Å²) in [6.07, 6.45) is 1.57. The molecule has 0 N–H and O–H groups in total. The van der Waals surface area contributed by atoms with E-state index in [0.717, 1.165) is 0 Å². The number of para-hydroxylation sites is 1. The molecule has 0 aliphatic heterocycles. The number of carbonyl (C=O) groups excluding carboxylic acids is 1. The van der Waals surface area contributed by atoms with Gasteiger partial charge in [-0.05, 0) is 12.1 Å². The molecule has 0 unspecified atom stereocenters. The maximum Gasteiger partial charge on any atom is 0.355 e. The van der Waals surface area contributed by atoms with Crippen LogP contribution in [0.25, 0.3) is 0 Å². The molecule has 0 saturated heterocycles. The van der Waals surface area contributed by atoms with Crippen molar-refractivity contribution in [2.45, 2.75) is 6.61 Å². The third-order valence-corrected chi connectivity index (χ3v) is 2.93. The average Bonchev–Trinajstić information content (AvgIpc) is 2.75. The third kappa shape index (κ3) is 2.97. The number of ether oxygens (including phenoxy) is 1. The molecule has 0 fully saturated rings. The van der Waals surface area contributed by atoms with E-state index in [0.29, 0.717) is 10.6 Å². The van der Waals surface area contributed by atoms with Gasteiger partial charge in [-0.25, -0.2) is 4.79 Å². The minimum Gasteiger partial charge on any atom is -0.456 e. The Kier molecular flexibility index (Phi) is 4.05. The number of rotatable bonds is 4. The van der Waals surface area contributed by atoms with Gasteiger partial charge in [0.15, 0.2) is 0 Å². The second-order valence-electron chi connectivity index (χ2n) is 4.12. The van der Waals surface area contributed by atoms with Gasteiger partial charge in [-0.15, -0.1) is 0 Å². The van der Waals surface area contributed by atoms with E-state index < -0.39 is 10.9 Å². The van der Waals surface area contributed by atoms with Crippen LogP contribution in [0.1, 0.15) is 16.1 Å². The lowest BCUT2D eigenvalue weighted by Gasteiger charge is -2.06. The number of hydrogen-bond donors (Lipinski definition) is 0. The Balaban J connectivity index is 2.11. The fourth-order valence-corrected chi connectivity index (χ4v) is 2.01. The number of aryl methyl sites for hydroxylation is 1. The van der Waals surface area contributed by atoms with Crippen LogP contribution < -0.4 is 0 Å². The summed E-state index contributed by atoms with van der Waals surface area (Å²) in [6, 6.07) is 7.59. The van der Waals surface area contributed by atoms with Gasteiger partial charge >= 0.3 is 5.97 Å². The van der Waals surface area contributed by atoms with Crippen molar-refractivity contribution in [2.24, 2.45) is 7.05 Å². The number of nitrogens with zero attached hydrogens (tertiary/aromatic N) is 2. The topological polar surface area (TPSA) is 74.4 Å². The predicted molar refractivity (Wildman–Crippen MR) is 72.6 cm³/mol. The van der Waals surface area contributed by atoms with Crippen LogP contribution in [0.5, 0.6) is 0 Å². The molecule has 0 saturated carbocycles. The fourth-order valence-electron chi connectivity index (χ4n) is 1.76. The summed E-state index contributed by atoms with van der Waals surface area (Å²) in [4.78, 5) is 22.2. The molecule has 104 valence electrons. The van der Waals surface area contributed by atoms with Gasteiger partial charge in [0, 0.05) is 19.3 Å². The quantitative estimate of drug-likeness (QED) is 0.493. The predicted octanol–water partition coefficient (Wildman–Crippen LogP) is 2.94. The molecule has 0 amide bonds. The molecule has 2 rings (SSSR count). The molecular weight excluding hydrogens is 284 g/mol. The van der Waals surface area contributed by atoms with Gasteiger partial charge in [0.1, 0.15) is 12.3 Å². The van der Waals surface area contributed by atoms with E-state index in [9.17, 15) is 14.9 Å². The summed E-state index contributed by atoms with van der Waals surface area (Å²) in [5.74, 6) is -0.586. The molecular formula is C13H11ClN2O4. The number of carbonyl (C=O) groups is 1. The van der Waals surface area contributed by atoms with Crippen LogP contribution in [-0.2, 0) is 18.4 Å². The van der Waals surface area contributed by atoms with Crippen LogP contribution in [0.15, 0.2) is 36.5 Å². The molecule has 0 spiro atoms. The van der Waals surface area contributed by atoms with E-state index in [1.54, 1.807) is 31.4 Å². The molecule has 6 nitrogen and oxygen atoms in total. The molecule has 2 aromatic rings. The lowest BCUT2D eigenvalue weighted by atomic mass is 10.2. The van der Waals surface area contributed by atoms with E-state index in [2.05, 4.69) is 0 Å². The van der Waals surface area contributed by atoms with E-state index in [1.807, 2.05) is 0 Å². The minimum absolute atomic E-state index is 0.0785. The van der Waals surface area contributed by atoms with Crippen molar-refractivity contribution in [2.75, 3.05) is 0 Å². The Bertz CT molecular complexity index is 666. The van der Waals surface area contributed by atoms with Crippen molar-refractivity contribution in [3.05, 3.63) is 62.9 Å². The van der Waals surface area contributed by atoms with Crippen molar-refractivity contribution in [1.82, 2.24) is 4.57 Å². The molecule has 0 atom stereocenters. The SMILES string of the molecule is Cn1cc(Cl)cc1C(=O)OCc1ccccc1[N+](=O)[O-]. The molecule has 20 heavy (non-hydrogen) atoms. The average molecular weight is 295 g/mol. The number of hydrogen-bond acceptors (Lipinski definition) is 4. The number of halogens is 1. The Hall–Kier alpha value is -2.34. The van der Waals surface area contributed by atoms with E-state index in [-0.39, 0.29) is 18.0 Å². The molecule has 0 aliphatic rings. The highest BCUT2D eigenvalue weighted by Crippen LogP contribution is 2.19. The van der Waals surface area contributed by atoms with Crippen molar-refractivity contribution >= 4 is 23.3 Å². The van der Waals surface area contributed by atoms with E-state index >= 15 is 0 Å². The summed E-state index contributed by atoms with van der Waals surface area (Å²) in [7, 11) is 1.66. The summed E-state index contributed by atoms with van der Waals surface area (Å²) in [5.41, 5.74) is 0.546. The summed E-state index contributed by atoms with van der Waals surface area (Å²) >= 11 is 5.78. The Labute approximate surface area is 119 Å². The maximum absolute atomic E-state index is 11.9. The number of esters is 1. The molecule has 7 heteroatoms. The van der Waals surface area contributed by atoms with E-state index in [4.69, 9.17) is 16.3 Å². The number of nitro groups is 1. The van der Waals surface area contributed by atoms with Crippen LogP contribution >= 0.6 is 11.6 Å². The zero-order chi connectivity index (χ0) is 14.7. The first-order valence-corrected chi connectivity index (χ1v) is 6.08. The number of nitro benzene ring substituents is 1. The molecule has 0 bridgehead atoms. The molecule has 1 aromatic carbocycles. The highest BCUT2D eigenvalue weighted by atomic mass is 35.5. The second kappa shape index (κ2) is 5.75. The summed E-state index contributed by atoms with van der Waals surface area (Å²) < 4.78 is 6.61. The Morgan fingerprint density at radius 2 is 2.15 bits per heavy atom. The van der Waals surface area contributed by atoms with Crippen molar-refractivity contribution in [3.63, 3.8) is 0 Å². The highest BCUT2D eigenvalue weighted by molar-refractivity contribution is 6.30. The molecule has 0 aliphatic carbocycles. The second-order valence-corrected chi connectivity index (χ2v) is 4.55. The van der Waals surface area contributed by atoms with Gasteiger partial charge in [-0.2, -0.15) is 0 Å². The summed E-state index contributed by atoms with van der Waals surface area (Å²) in [6.45, 7) is -0.168. The van der Waals surface area contributed by atoms with Crippen LogP contribution in [0, 0.1) is 10.1 Å².